The number of hydrogen-bond acceptors (Lipinski definition) is 4. The van der Waals surface area contributed by atoms with Crippen LogP contribution in [0.4, 0.5) is 0 Å². The average Bonchev–Trinajstić information content (AvgIpc) is 3.03. The summed E-state index contributed by atoms with van der Waals surface area (Å²) in [5.41, 5.74) is 5.12. The highest BCUT2D eigenvalue weighted by Crippen LogP contribution is 2.31. The van der Waals surface area contributed by atoms with Gasteiger partial charge in [0.2, 0.25) is 5.91 Å². The monoisotopic (exact) mass is 403 g/mol. The molecule has 154 valence electrons. The van der Waals surface area contributed by atoms with Crippen LogP contribution in [0.5, 0.6) is 11.5 Å². The third-order valence-electron chi connectivity index (χ3n) is 5.14. The van der Waals surface area contributed by atoms with Crippen molar-refractivity contribution in [3.63, 3.8) is 0 Å². The summed E-state index contributed by atoms with van der Waals surface area (Å²) in [5.74, 6) is 1.29. The zero-order valence-electron chi connectivity index (χ0n) is 17.2. The van der Waals surface area contributed by atoms with E-state index in [9.17, 15) is 4.79 Å². The van der Waals surface area contributed by atoms with Gasteiger partial charge in [0.05, 0.1) is 12.2 Å². The van der Waals surface area contributed by atoms with Crippen LogP contribution in [0, 0.1) is 13.8 Å². The second-order valence-electron chi connectivity index (χ2n) is 7.25. The summed E-state index contributed by atoms with van der Waals surface area (Å²) in [7, 11) is 0. The lowest BCUT2D eigenvalue weighted by molar-refractivity contribution is -0.116. The Kier molecular flexibility index (Phi) is 5.84. The summed E-state index contributed by atoms with van der Waals surface area (Å²) < 4.78 is 13.1. The molecule has 2 heterocycles. The van der Waals surface area contributed by atoms with Crippen LogP contribution in [0.2, 0.25) is 0 Å². The van der Waals surface area contributed by atoms with E-state index in [0.717, 1.165) is 28.3 Å². The first-order valence-electron chi connectivity index (χ1n) is 10.0. The van der Waals surface area contributed by atoms with E-state index in [2.05, 4.69) is 22.5 Å². The van der Waals surface area contributed by atoms with Gasteiger partial charge in [-0.2, -0.15) is 5.10 Å². The van der Waals surface area contributed by atoms with Gasteiger partial charge in [-0.1, -0.05) is 36.4 Å². The molecule has 0 fully saturated rings. The third kappa shape index (κ3) is 4.54. The molecule has 1 aliphatic rings. The van der Waals surface area contributed by atoms with Gasteiger partial charge in [-0.05, 0) is 43.2 Å². The molecular formula is C24H25N3O3. The molecule has 0 radical (unpaired) electrons. The number of aryl methyl sites for hydroxylation is 1. The van der Waals surface area contributed by atoms with Crippen LogP contribution in [0.25, 0.3) is 6.08 Å². The highest BCUT2D eigenvalue weighted by Gasteiger charge is 2.13. The van der Waals surface area contributed by atoms with E-state index in [-0.39, 0.29) is 5.91 Å². The molecule has 3 aromatic rings. The Balaban J connectivity index is 1.37. The van der Waals surface area contributed by atoms with Gasteiger partial charge in [0.1, 0.15) is 13.2 Å². The number of benzene rings is 2. The fourth-order valence-electron chi connectivity index (χ4n) is 3.47. The van der Waals surface area contributed by atoms with Crippen molar-refractivity contribution in [1.82, 2.24) is 15.1 Å². The topological polar surface area (TPSA) is 65.4 Å². The van der Waals surface area contributed by atoms with E-state index >= 15 is 0 Å². The largest absolute Gasteiger partial charge is 0.486 e. The van der Waals surface area contributed by atoms with Gasteiger partial charge in [-0.15, -0.1) is 0 Å². The van der Waals surface area contributed by atoms with Crippen molar-refractivity contribution in [2.75, 3.05) is 13.2 Å². The van der Waals surface area contributed by atoms with E-state index in [1.165, 1.54) is 11.6 Å². The fraction of sp³-hybridized carbons (Fsp3) is 0.250. The van der Waals surface area contributed by atoms with Crippen molar-refractivity contribution >= 4 is 12.0 Å². The maximum Gasteiger partial charge on any atom is 0.244 e. The molecule has 0 aliphatic carbocycles. The maximum absolute atomic E-state index is 12.3. The number of aromatic nitrogens is 2. The number of fused-ring (bicyclic) bond motifs is 1. The molecule has 0 saturated heterocycles. The van der Waals surface area contributed by atoms with E-state index < -0.39 is 0 Å². The molecular weight excluding hydrogens is 378 g/mol. The van der Waals surface area contributed by atoms with Crippen molar-refractivity contribution in [3.05, 3.63) is 82.7 Å². The van der Waals surface area contributed by atoms with E-state index in [1.807, 2.05) is 54.9 Å². The number of rotatable bonds is 6. The second-order valence-corrected chi connectivity index (χ2v) is 7.25. The molecule has 0 spiro atoms. The molecule has 1 aromatic heterocycles. The van der Waals surface area contributed by atoms with Gasteiger partial charge in [0.25, 0.3) is 0 Å². The highest BCUT2D eigenvalue weighted by molar-refractivity contribution is 5.91. The van der Waals surface area contributed by atoms with Crippen LogP contribution in [-0.2, 0) is 17.9 Å². The average molecular weight is 403 g/mol. The Morgan fingerprint density at radius 1 is 1.10 bits per heavy atom. The zero-order valence-corrected chi connectivity index (χ0v) is 17.2. The SMILES string of the molecule is Cc1nn(Cc2ccccc2)c(C)c1CNC(=O)/C=C/c1ccc2c(c1)OCCO2. The molecule has 0 saturated carbocycles. The smallest absolute Gasteiger partial charge is 0.244 e. The number of hydrogen-bond donors (Lipinski definition) is 1. The quantitative estimate of drug-likeness (QED) is 0.638. The summed E-state index contributed by atoms with van der Waals surface area (Å²) in [6.07, 6.45) is 3.30. The van der Waals surface area contributed by atoms with Crippen LogP contribution < -0.4 is 14.8 Å². The second kappa shape index (κ2) is 8.86. The number of nitrogens with zero attached hydrogens (tertiary/aromatic N) is 2. The number of ether oxygens (including phenoxy) is 2. The van der Waals surface area contributed by atoms with Gasteiger partial charge >= 0.3 is 0 Å². The minimum Gasteiger partial charge on any atom is -0.486 e. The van der Waals surface area contributed by atoms with Crippen LogP contribution in [0.1, 0.15) is 28.1 Å². The van der Waals surface area contributed by atoms with Crippen molar-refractivity contribution in [1.29, 1.82) is 0 Å². The van der Waals surface area contributed by atoms with E-state index in [4.69, 9.17) is 9.47 Å². The maximum atomic E-state index is 12.3. The third-order valence-corrected chi connectivity index (χ3v) is 5.14. The molecule has 4 rings (SSSR count). The van der Waals surface area contributed by atoms with Crippen molar-refractivity contribution < 1.29 is 14.3 Å². The van der Waals surface area contributed by atoms with Crippen molar-refractivity contribution in [3.8, 4) is 11.5 Å². The number of carbonyl (C=O) groups excluding carboxylic acids is 1. The first-order valence-corrected chi connectivity index (χ1v) is 10.0. The predicted molar refractivity (Wildman–Crippen MR) is 116 cm³/mol. The van der Waals surface area contributed by atoms with Crippen LogP contribution in [0.3, 0.4) is 0 Å². The molecule has 1 aliphatic heterocycles. The van der Waals surface area contributed by atoms with Gasteiger partial charge in [0, 0.05) is 23.9 Å². The number of nitrogens with one attached hydrogen (secondary N) is 1. The Bertz CT molecular complexity index is 1070. The Morgan fingerprint density at radius 3 is 2.67 bits per heavy atom. The van der Waals surface area contributed by atoms with Gasteiger partial charge in [-0.25, -0.2) is 0 Å². The minimum atomic E-state index is -0.153. The standard InChI is InChI=1S/C24H25N3O3/c1-17-21(18(2)27(26-17)16-20-6-4-3-5-7-20)15-25-24(28)11-9-19-8-10-22-23(14-19)30-13-12-29-22/h3-11,14H,12-13,15-16H2,1-2H3,(H,25,28)/b11-9+. The van der Waals surface area contributed by atoms with Crippen LogP contribution >= 0.6 is 0 Å². The van der Waals surface area contributed by atoms with Gasteiger partial charge in [-0.3, -0.25) is 9.48 Å². The molecule has 6 heteroatoms. The molecule has 30 heavy (non-hydrogen) atoms. The first kappa shape index (κ1) is 19.8. The normalized spacial score (nSPS) is 12.9. The Labute approximate surface area is 176 Å². The lowest BCUT2D eigenvalue weighted by atomic mass is 10.1. The first-order chi connectivity index (χ1) is 14.6. The summed E-state index contributed by atoms with van der Waals surface area (Å²) in [4.78, 5) is 12.3. The summed E-state index contributed by atoms with van der Waals surface area (Å²) in [6.45, 7) is 6.27. The lowest BCUT2D eigenvalue weighted by Crippen LogP contribution is -2.21. The molecule has 2 aromatic carbocycles. The van der Waals surface area contributed by atoms with Crippen LogP contribution in [0.15, 0.2) is 54.6 Å². The summed E-state index contributed by atoms with van der Waals surface area (Å²) in [6, 6.07) is 15.9. The molecule has 0 atom stereocenters. The molecule has 1 N–H and O–H groups in total. The fourth-order valence-corrected chi connectivity index (χ4v) is 3.47. The van der Waals surface area contributed by atoms with Gasteiger partial charge in [0.15, 0.2) is 11.5 Å². The Hall–Kier alpha value is -3.54. The molecule has 0 unspecified atom stereocenters. The molecule has 6 nitrogen and oxygen atoms in total. The number of carbonyl (C=O) groups is 1. The lowest BCUT2D eigenvalue weighted by Gasteiger charge is -2.18. The predicted octanol–water partition coefficient (Wildman–Crippen LogP) is 3.65. The van der Waals surface area contributed by atoms with Gasteiger partial charge < -0.3 is 14.8 Å². The Morgan fingerprint density at radius 2 is 1.87 bits per heavy atom. The van der Waals surface area contributed by atoms with E-state index in [1.54, 1.807) is 6.08 Å². The zero-order chi connectivity index (χ0) is 20.9. The number of amides is 1. The van der Waals surface area contributed by atoms with Crippen LogP contribution in [-0.4, -0.2) is 28.9 Å². The van der Waals surface area contributed by atoms with Crippen molar-refractivity contribution in [2.45, 2.75) is 26.9 Å². The summed E-state index contributed by atoms with van der Waals surface area (Å²) >= 11 is 0. The van der Waals surface area contributed by atoms with E-state index in [0.29, 0.717) is 32.1 Å². The summed E-state index contributed by atoms with van der Waals surface area (Å²) in [5, 5.41) is 7.59. The minimum absolute atomic E-state index is 0.153. The highest BCUT2D eigenvalue weighted by atomic mass is 16.6. The van der Waals surface area contributed by atoms with Crippen molar-refractivity contribution in [2.24, 2.45) is 0 Å². The molecule has 0 bridgehead atoms. The molecule has 1 amide bonds.